The second-order valence-electron chi connectivity index (χ2n) is 7.50. The number of hydrogen-bond donors (Lipinski definition) is 0. The van der Waals surface area contributed by atoms with Crippen molar-refractivity contribution >= 4 is 22.2 Å². The third-order valence-electron chi connectivity index (χ3n) is 5.56. The van der Waals surface area contributed by atoms with E-state index in [0.717, 1.165) is 48.4 Å². The maximum absolute atomic E-state index is 14.0. The van der Waals surface area contributed by atoms with Crippen molar-refractivity contribution in [2.45, 2.75) is 43.8 Å². The molecule has 0 radical (unpaired) electrons. The third-order valence-corrected chi connectivity index (χ3v) is 7.91. The molecular weight excluding hydrogens is 439 g/mol. The van der Waals surface area contributed by atoms with Crippen molar-refractivity contribution in [1.29, 1.82) is 0 Å². The van der Waals surface area contributed by atoms with Gasteiger partial charge in [-0.2, -0.15) is 9.40 Å². The molecule has 0 bridgehead atoms. The number of aromatic nitrogens is 3. The van der Waals surface area contributed by atoms with E-state index in [0.29, 0.717) is 30.6 Å². The average molecular weight is 462 g/mol. The van der Waals surface area contributed by atoms with E-state index in [2.05, 4.69) is 9.67 Å². The minimum absolute atomic E-state index is 0.0989. The third kappa shape index (κ3) is 3.93. The maximum Gasteiger partial charge on any atom is 0.246 e. The van der Waals surface area contributed by atoms with E-state index >= 15 is 0 Å². The number of rotatable bonds is 4. The molecule has 2 aliphatic heterocycles. The zero-order valence-corrected chi connectivity index (χ0v) is 17.9. The first kappa shape index (κ1) is 21.5. The van der Waals surface area contributed by atoms with Crippen LogP contribution in [0.1, 0.15) is 25.1 Å². The van der Waals surface area contributed by atoms with Crippen LogP contribution in [0.3, 0.4) is 0 Å². The van der Waals surface area contributed by atoms with Crippen molar-refractivity contribution in [1.82, 2.24) is 23.6 Å². The molecule has 1 saturated heterocycles. The van der Waals surface area contributed by atoms with Crippen molar-refractivity contribution in [3.05, 3.63) is 40.2 Å². The van der Waals surface area contributed by atoms with Crippen molar-refractivity contribution in [3.63, 3.8) is 0 Å². The summed E-state index contributed by atoms with van der Waals surface area (Å²) >= 11 is 5.55. The van der Waals surface area contributed by atoms with Crippen LogP contribution in [0.4, 0.5) is 13.2 Å². The number of sulfonamides is 1. The fraction of sp³-hybridized carbons (Fsp3) is 0.556. The molecule has 0 aliphatic carbocycles. The van der Waals surface area contributed by atoms with E-state index in [1.807, 2.05) is 4.90 Å². The summed E-state index contributed by atoms with van der Waals surface area (Å²) in [4.78, 5) is 1.16. The number of benzene rings is 1. The number of aryl methyl sites for hydroxylation is 1. The number of nitrogens with zero attached hydrogens (tertiary/aromatic N) is 5. The molecule has 1 aromatic heterocycles. The normalized spacial score (nSPS) is 18.9. The Morgan fingerprint density at radius 1 is 0.967 bits per heavy atom. The molecule has 2 aliphatic rings. The molecule has 0 N–H and O–H groups in total. The molecule has 2 aromatic rings. The molecule has 1 aromatic carbocycles. The van der Waals surface area contributed by atoms with E-state index in [9.17, 15) is 21.6 Å². The van der Waals surface area contributed by atoms with Crippen LogP contribution in [0.2, 0.25) is 0 Å². The quantitative estimate of drug-likeness (QED) is 0.517. The van der Waals surface area contributed by atoms with Gasteiger partial charge in [0.1, 0.15) is 10.7 Å². The van der Waals surface area contributed by atoms with Gasteiger partial charge in [-0.25, -0.2) is 26.3 Å². The van der Waals surface area contributed by atoms with Crippen LogP contribution in [-0.2, 0) is 29.7 Å². The number of piperazine rings is 1. The molecule has 3 heterocycles. The Morgan fingerprint density at radius 3 is 2.43 bits per heavy atom. The first-order chi connectivity index (χ1) is 14.3. The van der Waals surface area contributed by atoms with Crippen molar-refractivity contribution < 1.29 is 21.6 Å². The Hall–Kier alpha value is -1.76. The van der Waals surface area contributed by atoms with Gasteiger partial charge < -0.3 is 4.57 Å². The summed E-state index contributed by atoms with van der Waals surface area (Å²) in [6.07, 6.45) is 4.21. The van der Waals surface area contributed by atoms with Crippen molar-refractivity contribution in [2.24, 2.45) is 0 Å². The zero-order valence-electron chi connectivity index (χ0n) is 16.2. The molecule has 7 nitrogen and oxygen atoms in total. The molecule has 0 saturated carbocycles. The van der Waals surface area contributed by atoms with Crippen LogP contribution in [0, 0.1) is 22.2 Å². The van der Waals surface area contributed by atoms with Gasteiger partial charge in [-0.3, -0.25) is 4.90 Å². The number of halogens is 3. The van der Waals surface area contributed by atoms with Crippen molar-refractivity contribution in [2.75, 3.05) is 26.2 Å². The highest BCUT2D eigenvalue weighted by Crippen LogP contribution is 2.24. The molecule has 164 valence electrons. The van der Waals surface area contributed by atoms with Gasteiger partial charge in [0.15, 0.2) is 22.2 Å². The SMILES string of the molecule is O=S(=O)(c1ccc(F)c(F)c1F)N1CCN(Cn2nc3n(c2=S)CCCCC3)CC1. The zero-order chi connectivity index (χ0) is 21.5. The predicted molar refractivity (Wildman–Crippen MR) is 105 cm³/mol. The molecule has 30 heavy (non-hydrogen) atoms. The average Bonchev–Trinajstić information content (AvgIpc) is 2.88. The highest BCUT2D eigenvalue weighted by atomic mass is 32.2. The van der Waals surface area contributed by atoms with Gasteiger partial charge in [0.05, 0.1) is 6.67 Å². The van der Waals surface area contributed by atoms with Gasteiger partial charge in [-0.1, -0.05) is 6.42 Å². The largest absolute Gasteiger partial charge is 0.304 e. The Bertz CT molecular complexity index is 1110. The topological polar surface area (TPSA) is 63.4 Å². The fourth-order valence-electron chi connectivity index (χ4n) is 3.86. The van der Waals surface area contributed by atoms with Crippen LogP contribution in [-0.4, -0.2) is 58.1 Å². The molecule has 1 fully saturated rings. The lowest BCUT2D eigenvalue weighted by molar-refractivity contribution is 0.144. The summed E-state index contributed by atoms with van der Waals surface area (Å²) in [6.45, 7) is 2.26. The summed E-state index contributed by atoms with van der Waals surface area (Å²) in [5, 5.41) is 4.62. The summed E-state index contributed by atoms with van der Waals surface area (Å²) in [5.74, 6) is -3.93. The first-order valence-corrected chi connectivity index (χ1v) is 11.7. The minimum atomic E-state index is -4.26. The Morgan fingerprint density at radius 2 is 1.70 bits per heavy atom. The van der Waals surface area contributed by atoms with E-state index in [-0.39, 0.29) is 13.1 Å². The Kier molecular flexibility index (Phi) is 6.02. The van der Waals surface area contributed by atoms with E-state index in [1.165, 1.54) is 0 Å². The minimum Gasteiger partial charge on any atom is -0.304 e. The molecule has 0 unspecified atom stereocenters. The summed E-state index contributed by atoms with van der Waals surface area (Å²) in [6, 6.07) is 1.37. The summed E-state index contributed by atoms with van der Waals surface area (Å²) < 4.78 is 71.6. The van der Waals surface area contributed by atoms with Gasteiger partial charge in [0.2, 0.25) is 10.0 Å². The van der Waals surface area contributed by atoms with E-state index in [4.69, 9.17) is 12.2 Å². The van der Waals surface area contributed by atoms with Gasteiger partial charge in [0.25, 0.3) is 0 Å². The monoisotopic (exact) mass is 461 g/mol. The van der Waals surface area contributed by atoms with Crippen LogP contribution in [0.15, 0.2) is 17.0 Å². The molecule has 0 atom stereocenters. The smallest absolute Gasteiger partial charge is 0.246 e. The molecule has 0 amide bonds. The lowest BCUT2D eigenvalue weighted by Crippen LogP contribution is -2.49. The Balaban J connectivity index is 1.44. The molecule has 0 spiro atoms. The molecule has 12 heteroatoms. The number of hydrogen-bond acceptors (Lipinski definition) is 5. The van der Waals surface area contributed by atoms with Crippen LogP contribution < -0.4 is 0 Å². The lowest BCUT2D eigenvalue weighted by Gasteiger charge is -2.33. The number of fused-ring (bicyclic) bond motifs is 1. The van der Waals surface area contributed by atoms with Gasteiger partial charge in [-0.15, -0.1) is 0 Å². The molecular formula is C18H22F3N5O2S2. The second kappa shape index (κ2) is 8.40. The summed E-state index contributed by atoms with van der Waals surface area (Å²) in [5.41, 5.74) is 0. The highest BCUT2D eigenvalue weighted by molar-refractivity contribution is 7.89. The lowest BCUT2D eigenvalue weighted by atomic mass is 10.2. The van der Waals surface area contributed by atoms with Gasteiger partial charge in [0, 0.05) is 39.1 Å². The second-order valence-corrected chi connectivity index (χ2v) is 9.77. The first-order valence-electron chi connectivity index (χ1n) is 9.81. The standard InChI is InChI=1S/C18H22F3N5O2S2/c19-13-5-6-14(17(21)16(13)20)30(27,28)24-10-8-23(9-11-24)12-26-18(29)25-7-3-1-2-4-15(25)22-26/h5-6H,1-4,7-12H2. The highest BCUT2D eigenvalue weighted by Gasteiger charge is 2.32. The van der Waals surface area contributed by atoms with Gasteiger partial charge >= 0.3 is 0 Å². The summed E-state index contributed by atoms with van der Waals surface area (Å²) in [7, 11) is -4.26. The van der Waals surface area contributed by atoms with Gasteiger partial charge in [-0.05, 0) is 37.2 Å². The van der Waals surface area contributed by atoms with Crippen LogP contribution in [0.25, 0.3) is 0 Å². The Labute approximate surface area is 177 Å². The van der Waals surface area contributed by atoms with Crippen molar-refractivity contribution in [3.8, 4) is 0 Å². The van der Waals surface area contributed by atoms with Crippen LogP contribution >= 0.6 is 12.2 Å². The fourth-order valence-corrected chi connectivity index (χ4v) is 5.64. The maximum atomic E-state index is 14.0. The predicted octanol–water partition coefficient (Wildman–Crippen LogP) is 2.52. The van der Waals surface area contributed by atoms with Crippen LogP contribution in [0.5, 0.6) is 0 Å². The molecule has 4 rings (SSSR count). The van der Waals surface area contributed by atoms with E-state index in [1.54, 1.807) is 4.68 Å². The van der Waals surface area contributed by atoms with E-state index < -0.39 is 32.4 Å².